The quantitative estimate of drug-likeness (QED) is 0.797. The summed E-state index contributed by atoms with van der Waals surface area (Å²) in [4.78, 5) is 2.40. The van der Waals surface area contributed by atoms with E-state index in [0.29, 0.717) is 0 Å². The summed E-state index contributed by atoms with van der Waals surface area (Å²) in [6, 6.07) is 8.51. The fraction of sp³-hybridized carbons (Fsp3) is 0.538. The summed E-state index contributed by atoms with van der Waals surface area (Å²) < 4.78 is 1.16. The van der Waals surface area contributed by atoms with E-state index in [1.54, 1.807) is 0 Å². The van der Waals surface area contributed by atoms with Crippen LogP contribution in [0.3, 0.4) is 0 Å². The molecule has 0 amide bonds. The molecular weight excluding hydrogens is 250 g/mol. The van der Waals surface area contributed by atoms with Crippen molar-refractivity contribution in [1.82, 2.24) is 4.90 Å². The van der Waals surface area contributed by atoms with E-state index in [1.807, 2.05) is 0 Å². The Hall–Kier alpha value is -0.340. The molecule has 15 heavy (non-hydrogen) atoms. The van der Waals surface area contributed by atoms with Gasteiger partial charge in [0.2, 0.25) is 0 Å². The highest BCUT2D eigenvalue weighted by Gasteiger charge is 2.20. The van der Waals surface area contributed by atoms with Crippen LogP contribution >= 0.6 is 15.9 Å². The standard InChI is InChI=1S/C13H20BrN/c1-5-13(2,3)15(4)10-11-7-6-8-12(14)9-11/h6-9H,5,10H2,1-4H3. The van der Waals surface area contributed by atoms with Crippen molar-refractivity contribution in [2.45, 2.75) is 39.3 Å². The molecule has 1 nitrogen and oxygen atoms in total. The predicted octanol–water partition coefficient (Wildman–Crippen LogP) is 4.07. The molecule has 0 aliphatic carbocycles. The second-order valence-corrected chi connectivity index (χ2v) is 5.57. The fourth-order valence-corrected chi connectivity index (χ4v) is 1.84. The van der Waals surface area contributed by atoms with Crippen LogP contribution in [0.1, 0.15) is 32.8 Å². The molecule has 0 bridgehead atoms. The van der Waals surface area contributed by atoms with E-state index in [1.165, 1.54) is 5.56 Å². The van der Waals surface area contributed by atoms with Gasteiger partial charge < -0.3 is 0 Å². The Morgan fingerprint density at radius 1 is 1.33 bits per heavy atom. The van der Waals surface area contributed by atoms with Gasteiger partial charge in [-0.3, -0.25) is 4.90 Å². The molecule has 0 aliphatic rings. The summed E-state index contributed by atoms with van der Waals surface area (Å²) in [5.74, 6) is 0. The third-order valence-corrected chi connectivity index (χ3v) is 3.70. The van der Waals surface area contributed by atoms with Crippen molar-refractivity contribution in [2.75, 3.05) is 7.05 Å². The maximum absolute atomic E-state index is 3.50. The Bertz CT molecular complexity index is 320. The zero-order valence-electron chi connectivity index (χ0n) is 10.0. The number of benzene rings is 1. The number of nitrogens with zero attached hydrogens (tertiary/aromatic N) is 1. The van der Waals surface area contributed by atoms with E-state index in [4.69, 9.17) is 0 Å². The lowest BCUT2D eigenvalue weighted by Crippen LogP contribution is -2.39. The zero-order chi connectivity index (χ0) is 11.5. The molecule has 1 aromatic carbocycles. The zero-order valence-corrected chi connectivity index (χ0v) is 11.6. The molecule has 2 heteroatoms. The van der Waals surface area contributed by atoms with Crippen molar-refractivity contribution in [1.29, 1.82) is 0 Å². The first-order valence-electron chi connectivity index (χ1n) is 5.41. The second kappa shape index (κ2) is 5.13. The van der Waals surface area contributed by atoms with Crippen LogP contribution in [0.2, 0.25) is 0 Å². The van der Waals surface area contributed by atoms with Crippen molar-refractivity contribution in [3.63, 3.8) is 0 Å². The second-order valence-electron chi connectivity index (χ2n) is 4.65. The molecule has 0 radical (unpaired) electrons. The molecule has 0 unspecified atom stereocenters. The van der Waals surface area contributed by atoms with Gasteiger partial charge in [0.1, 0.15) is 0 Å². The van der Waals surface area contributed by atoms with Crippen LogP contribution in [0, 0.1) is 0 Å². The van der Waals surface area contributed by atoms with Crippen molar-refractivity contribution >= 4 is 15.9 Å². The van der Waals surface area contributed by atoms with Crippen molar-refractivity contribution in [2.24, 2.45) is 0 Å². The van der Waals surface area contributed by atoms with Gasteiger partial charge >= 0.3 is 0 Å². The third kappa shape index (κ3) is 3.62. The first kappa shape index (κ1) is 12.7. The van der Waals surface area contributed by atoms with E-state index < -0.39 is 0 Å². The molecule has 0 aliphatic heterocycles. The molecule has 1 rings (SSSR count). The number of hydrogen-bond acceptors (Lipinski definition) is 1. The molecule has 0 atom stereocenters. The van der Waals surface area contributed by atoms with E-state index in [0.717, 1.165) is 17.4 Å². The Balaban J connectivity index is 2.70. The highest BCUT2D eigenvalue weighted by Crippen LogP contribution is 2.20. The molecule has 0 N–H and O–H groups in total. The van der Waals surface area contributed by atoms with E-state index >= 15 is 0 Å². The Labute approximate surface area is 102 Å². The number of hydrogen-bond donors (Lipinski definition) is 0. The Morgan fingerprint density at radius 3 is 2.53 bits per heavy atom. The molecule has 0 heterocycles. The van der Waals surface area contributed by atoms with Crippen LogP contribution < -0.4 is 0 Å². The molecule has 0 fully saturated rings. The maximum Gasteiger partial charge on any atom is 0.0236 e. The van der Waals surface area contributed by atoms with Gasteiger partial charge in [-0.25, -0.2) is 0 Å². The van der Waals surface area contributed by atoms with Crippen LogP contribution in [-0.2, 0) is 6.54 Å². The summed E-state index contributed by atoms with van der Waals surface area (Å²) in [6.07, 6.45) is 1.16. The van der Waals surface area contributed by atoms with Crippen LogP contribution in [0.15, 0.2) is 28.7 Å². The normalized spacial score (nSPS) is 12.1. The number of rotatable bonds is 4. The number of halogens is 1. The monoisotopic (exact) mass is 269 g/mol. The molecule has 0 saturated carbocycles. The SMILES string of the molecule is CCC(C)(C)N(C)Cc1cccc(Br)c1. The first-order chi connectivity index (χ1) is 6.95. The first-order valence-corrected chi connectivity index (χ1v) is 6.20. The Kier molecular flexibility index (Phi) is 4.35. The highest BCUT2D eigenvalue weighted by molar-refractivity contribution is 9.10. The molecule has 1 aromatic rings. The van der Waals surface area contributed by atoms with Crippen molar-refractivity contribution in [3.8, 4) is 0 Å². The summed E-state index contributed by atoms with van der Waals surface area (Å²) in [6.45, 7) is 7.80. The van der Waals surface area contributed by atoms with Gasteiger partial charge in [0.15, 0.2) is 0 Å². The summed E-state index contributed by atoms with van der Waals surface area (Å²) in [7, 11) is 2.18. The predicted molar refractivity (Wildman–Crippen MR) is 70.0 cm³/mol. The largest absolute Gasteiger partial charge is 0.297 e. The smallest absolute Gasteiger partial charge is 0.0236 e. The molecule has 0 spiro atoms. The minimum absolute atomic E-state index is 0.266. The van der Waals surface area contributed by atoms with Crippen LogP contribution in [-0.4, -0.2) is 17.5 Å². The van der Waals surface area contributed by atoms with Crippen LogP contribution in [0.4, 0.5) is 0 Å². The fourth-order valence-electron chi connectivity index (χ4n) is 1.39. The van der Waals surface area contributed by atoms with Gasteiger partial charge in [0.05, 0.1) is 0 Å². The molecule has 84 valence electrons. The summed E-state index contributed by atoms with van der Waals surface area (Å²) in [5, 5.41) is 0. The summed E-state index contributed by atoms with van der Waals surface area (Å²) >= 11 is 3.50. The molecule has 0 aromatic heterocycles. The van der Waals surface area contributed by atoms with Gasteiger partial charge in [0, 0.05) is 16.6 Å². The topological polar surface area (TPSA) is 3.24 Å². The van der Waals surface area contributed by atoms with Gasteiger partial charge in [0.25, 0.3) is 0 Å². The average Bonchev–Trinajstić information content (AvgIpc) is 2.17. The van der Waals surface area contributed by atoms with Gasteiger partial charge in [-0.05, 0) is 45.0 Å². The van der Waals surface area contributed by atoms with Gasteiger partial charge in [-0.1, -0.05) is 35.0 Å². The average molecular weight is 270 g/mol. The summed E-state index contributed by atoms with van der Waals surface area (Å²) in [5.41, 5.74) is 1.62. The lowest BCUT2D eigenvalue weighted by atomic mass is 9.99. The van der Waals surface area contributed by atoms with Crippen LogP contribution in [0.25, 0.3) is 0 Å². The minimum atomic E-state index is 0.266. The maximum atomic E-state index is 3.50. The van der Waals surface area contributed by atoms with E-state index in [9.17, 15) is 0 Å². The van der Waals surface area contributed by atoms with Gasteiger partial charge in [-0.2, -0.15) is 0 Å². The van der Waals surface area contributed by atoms with Crippen LogP contribution in [0.5, 0.6) is 0 Å². The van der Waals surface area contributed by atoms with Gasteiger partial charge in [-0.15, -0.1) is 0 Å². The highest BCUT2D eigenvalue weighted by atomic mass is 79.9. The van der Waals surface area contributed by atoms with Crippen molar-refractivity contribution < 1.29 is 0 Å². The lowest BCUT2D eigenvalue weighted by molar-refractivity contribution is 0.143. The van der Waals surface area contributed by atoms with E-state index in [2.05, 4.69) is 72.9 Å². The minimum Gasteiger partial charge on any atom is -0.297 e. The Morgan fingerprint density at radius 2 is 2.00 bits per heavy atom. The molecule has 0 saturated heterocycles. The molecular formula is C13H20BrN. The lowest BCUT2D eigenvalue weighted by Gasteiger charge is -2.34. The third-order valence-electron chi connectivity index (χ3n) is 3.21. The van der Waals surface area contributed by atoms with Crippen molar-refractivity contribution in [3.05, 3.63) is 34.3 Å². The van der Waals surface area contributed by atoms with E-state index in [-0.39, 0.29) is 5.54 Å².